The third kappa shape index (κ3) is 4.85. The van der Waals surface area contributed by atoms with Crippen molar-refractivity contribution in [2.24, 2.45) is 0 Å². The molecule has 0 aliphatic rings. The van der Waals surface area contributed by atoms with Gasteiger partial charge in [-0.3, -0.25) is 14.3 Å². The van der Waals surface area contributed by atoms with Crippen molar-refractivity contribution in [3.63, 3.8) is 0 Å². The zero-order chi connectivity index (χ0) is 25.8. The average Bonchev–Trinajstić information content (AvgIpc) is 2.88. The van der Waals surface area contributed by atoms with Crippen molar-refractivity contribution in [1.82, 2.24) is 19.9 Å². The van der Waals surface area contributed by atoms with Crippen LogP contribution in [0.2, 0.25) is 0 Å². The second-order valence-electron chi connectivity index (χ2n) is 8.35. The van der Waals surface area contributed by atoms with Crippen LogP contribution in [0.4, 0.5) is 20.2 Å². The Labute approximate surface area is 207 Å². The van der Waals surface area contributed by atoms with Crippen LogP contribution < -0.4 is 25.2 Å². The minimum absolute atomic E-state index is 0.161. The lowest BCUT2D eigenvalue weighted by molar-refractivity contribution is 0.359. The Hall–Kier alpha value is -4.05. The molecule has 36 heavy (non-hydrogen) atoms. The highest BCUT2D eigenvalue weighted by Gasteiger charge is 2.26. The molecule has 0 aliphatic heterocycles. The maximum atomic E-state index is 15.5. The van der Waals surface area contributed by atoms with E-state index in [1.165, 1.54) is 30.0 Å². The van der Waals surface area contributed by atoms with E-state index in [0.29, 0.717) is 23.4 Å². The van der Waals surface area contributed by atoms with Crippen molar-refractivity contribution < 1.29 is 18.3 Å². The number of pyridine rings is 1. The SMILES string of the molecule is COc1cc(OC)c(F)c(N(CCNC(C)C)c2ccc3ncn(-c4cccnc4)c(=O)c3c2)c1F. The third-order valence-corrected chi connectivity index (χ3v) is 5.69. The summed E-state index contributed by atoms with van der Waals surface area (Å²) in [6.45, 7) is 4.57. The van der Waals surface area contributed by atoms with Crippen molar-refractivity contribution in [3.8, 4) is 17.2 Å². The van der Waals surface area contributed by atoms with Crippen LogP contribution in [0.3, 0.4) is 0 Å². The smallest absolute Gasteiger partial charge is 0.265 e. The number of hydrogen-bond donors (Lipinski definition) is 1. The second kappa shape index (κ2) is 10.7. The molecule has 10 heteroatoms. The molecule has 1 N–H and O–H groups in total. The second-order valence-corrected chi connectivity index (χ2v) is 8.35. The third-order valence-electron chi connectivity index (χ3n) is 5.69. The molecule has 0 aliphatic carbocycles. The summed E-state index contributed by atoms with van der Waals surface area (Å²) in [5.41, 5.74) is 0.735. The number of anilines is 2. The predicted molar refractivity (Wildman–Crippen MR) is 135 cm³/mol. The van der Waals surface area contributed by atoms with Crippen LogP contribution in [-0.2, 0) is 0 Å². The minimum atomic E-state index is -0.876. The fraction of sp³-hybridized carbons (Fsp3) is 0.269. The number of rotatable bonds is 9. The number of fused-ring (bicyclic) bond motifs is 1. The van der Waals surface area contributed by atoms with Crippen LogP contribution in [0.25, 0.3) is 16.6 Å². The molecule has 0 bridgehead atoms. The first-order chi connectivity index (χ1) is 17.3. The van der Waals surface area contributed by atoms with E-state index in [4.69, 9.17) is 9.47 Å². The van der Waals surface area contributed by atoms with E-state index in [9.17, 15) is 4.79 Å². The normalized spacial score (nSPS) is 11.2. The monoisotopic (exact) mass is 495 g/mol. The summed E-state index contributed by atoms with van der Waals surface area (Å²) in [6.07, 6.45) is 4.59. The van der Waals surface area contributed by atoms with Crippen molar-refractivity contribution in [1.29, 1.82) is 0 Å². The minimum Gasteiger partial charge on any atom is -0.493 e. The summed E-state index contributed by atoms with van der Waals surface area (Å²) in [5.74, 6) is -2.07. The average molecular weight is 496 g/mol. The zero-order valence-electron chi connectivity index (χ0n) is 20.5. The Morgan fingerprint density at radius 2 is 1.81 bits per heavy atom. The topological polar surface area (TPSA) is 81.5 Å². The molecule has 0 fully saturated rings. The number of nitrogens with one attached hydrogen (secondary N) is 1. The van der Waals surface area contributed by atoms with Gasteiger partial charge in [0, 0.05) is 37.1 Å². The molecule has 0 saturated heterocycles. The maximum Gasteiger partial charge on any atom is 0.265 e. The van der Waals surface area contributed by atoms with E-state index in [-0.39, 0.29) is 40.7 Å². The molecule has 0 saturated carbocycles. The molecule has 0 atom stereocenters. The van der Waals surface area contributed by atoms with Crippen LogP contribution in [-0.4, -0.2) is 47.9 Å². The molecular formula is C26H27F2N5O3. The maximum absolute atomic E-state index is 15.5. The molecule has 2 aromatic carbocycles. The number of ether oxygens (including phenoxy) is 2. The van der Waals surface area contributed by atoms with E-state index in [2.05, 4.69) is 15.3 Å². The summed E-state index contributed by atoms with van der Waals surface area (Å²) in [4.78, 5) is 23.3. The Kier molecular flexibility index (Phi) is 7.44. The highest BCUT2D eigenvalue weighted by atomic mass is 19.1. The summed E-state index contributed by atoms with van der Waals surface area (Å²) >= 11 is 0. The Balaban J connectivity index is 1.90. The molecule has 4 rings (SSSR count). The Morgan fingerprint density at radius 1 is 1.08 bits per heavy atom. The van der Waals surface area contributed by atoms with E-state index in [1.807, 2.05) is 13.8 Å². The van der Waals surface area contributed by atoms with Gasteiger partial charge in [0.05, 0.1) is 37.0 Å². The highest BCUT2D eigenvalue weighted by Crippen LogP contribution is 2.40. The first-order valence-electron chi connectivity index (χ1n) is 11.4. The van der Waals surface area contributed by atoms with Gasteiger partial charge in [-0.15, -0.1) is 0 Å². The molecule has 0 radical (unpaired) electrons. The van der Waals surface area contributed by atoms with E-state index in [0.717, 1.165) is 6.07 Å². The van der Waals surface area contributed by atoms with Crippen molar-refractivity contribution >= 4 is 22.3 Å². The fourth-order valence-corrected chi connectivity index (χ4v) is 3.90. The summed E-state index contributed by atoms with van der Waals surface area (Å²) < 4.78 is 42.6. The number of methoxy groups -OCH3 is 2. The van der Waals surface area contributed by atoms with Crippen LogP contribution in [0.5, 0.6) is 11.5 Å². The number of halogens is 2. The van der Waals surface area contributed by atoms with Crippen LogP contribution in [0.15, 0.2) is 59.9 Å². The Morgan fingerprint density at radius 3 is 2.42 bits per heavy atom. The van der Waals surface area contributed by atoms with Crippen LogP contribution in [0.1, 0.15) is 13.8 Å². The van der Waals surface area contributed by atoms with Crippen LogP contribution >= 0.6 is 0 Å². The highest BCUT2D eigenvalue weighted by molar-refractivity contribution is 5.84. The van der Waals surface area contributed by atoms with Gasteiger partial charge in [0.2, 0.25) is 0 Å². The number of nitrogens with zero attached hydrogens (tertiary/aromatic N) is 4. The van der Waals surface area contributed by atoms with Gasteiger partial charge in [0.1, 0.15) is 12.0 Å². The molecule has 8 nitrogen and oxygen atoms in total. The van der Waals surface area contributed by atoms with E-state index in [1.54, 1.807) is 42.7 Å². The van der Waals surface area contributed by atoms with Crippen molar-refractivity contribution in [3.05, 3.63) is 77.1 Å². The molecular weight excluding hydrogens is 468 g/mol. The van der Waals surface area contributed by atoms with Gasteiger partial charge in [0.25, 0.3) is 5.56 Å². The van der Waals surface area contributed by atoms with Gasteiger partial charge >= 0.3 is 0 Å². The molecule has 4 aromatic rings. The zero-order valence-corrected chi connectivity index (χ0v) is 20.5. The van der Waals surface area contributed by atoms with Gasteiger partial charge in [-0.1, -0.05) is 13.8 Å². The molecule has 188 valence electrons. The van der Waals surface area contributed by atoms with Crippen LogP contribution in [0, 0.1) is 11.6 Å². The number of benzene rings is 2. The molecule has 2 heterocycles. The number of aromatic nitrogens is 3. The van der Waals surface area contributed by atoms with Crippen molar-refractivity contribution in [2.75, 3.05) is 32.2 Å². The lowest BCUT2D eigenvalue weighted by Crippen LogP contribution is -2.33. The van der Waals surface area contributed by atoms with Gasteiger partial charge in [-0.25, -0.2) is 13.8 Å². The first-order valence-corrected chi connectivity index (χ1v) is 11.4. The summed E-state index contributed by atoms with van der Waals surface area (Å²) in [5, 5.41) is 3.54. The lowest BCUT2D eigenvalue weighted by atomic mass is 10.1. The largest absolute Gasteiger partial charge is 0.493 e. The Bertz CT molecular complexity index is 1400. The van der Waals surface area contributed by atoms with Gasteiger partial charge in [-0.05, 0) is 30.3 Å². The van der Waals surface area contributed by atoms with E-state index < -0.39 is 11.6 Å². The molecule has 2 aromatic heterocycles. The van der Waals surface area contributed by atoms with Crippen molar-refractivity contribution in [2.45, 2.75) is 19.9 Å². The first kappa shape index (κ1) is 25.1. The van der Waals surface area contributed by atoms with E-state index >= 15 is 8.78 Å². The predicted octanol–water partition coefficient (Wildman–Crippen LogP) is 4.21. The lowest BCUT2D eigenvalue weighted by Gasteiger charge is -2.28. The molecule has 0 spiro atoms. The standard InChI is InChI=1S/C26H27F2N5O3/c1-16(2)30-10-11-32(25-23(27)21(35-3)13-22(36-4)24(25)28)17-7-8-20-19(12-17)26(34)33(15-31-20)18-6-5-9-29-14-18/h5-9,12-16,30H,10-11H2,1-4H3. The summed E-state index contributed by atoms with van der Waals surface area (Å²) in [6, 6.07) is 9.68. The molecule has 0 unspecified atom stereocenters. The van der Waals surface area contributed by atoms with Gasteiger partial charge in [-0.2, -0.15) is 0 Å². The quantitative estimate of drug-likeness (QED) is 0.373. The summed E-state index contributed by atoms with van der Waals surface area (Å²) in [7, 11) is 2.60. The van der Waals surface area contributed by atoms with Gasteiger partial charge in [0.15, 0.2) is 23.1 Å². The van der Waals surface area contributed by atoms with Gasteiger partial charge < -0.3 is 19.7 Å². The number of hydrogen-bond acceptors (Lipinski definition) is 7. The molecule has 0 amide bonds. The fourth-order valence-electron chi connectivity index (χ4n) is 3.90.